The normalized spacial score (nSPS) is 10.2. The monoisotopic (exact) mass is 316 g/mol. The quantitative estimate of drug-likeness (QED) is 0.857. The minimum absolute atomic E-state index is 0.170. The summed E-state index contributed by atoms with van der Waals surface area (Å²) < 4.78 is 7.05. The van der Waals surface area contributed by atoms with Gasteiger partial charge in [-0.25, -0.2) is 0 Å². The predicted octanol–water partition coefficient (Wildman–Crippen LogP) is 2.51. The molecule has 0 saturated carbocycles. The summed E-state index contributed by atoms with van der Waals surface area (Å²) in [7, 11) is 0. The molecule has 0 fully saturated rings. The molecule has 1 heterocycles. The molecule has 0 aliphatic heterocycles. The molecule has 2 aromatic rings. The number of aryl methyl sites for hydroxylation is 1. The molecular weight excluding hydrogens is 296 g/mol. The van der Waals surface area contributed by atoms with Crippen LogP contribution in [0.2, 0.25) is 0 Å². The lowest BCUT2D eigenvalue weighted by Crippen LogP contribution is -2.13. The Labute approximate surface area is 134 Å². The first-order valence-electron chi connectivity index (χ1n) is 7.42. The van der Waals surface area contributed by atoms with Gasteiger partial charge in [0.15, 0.2) is 0 Å². The molecular formula is C16H20N4O3. The number of hydrogen-bond donors (Lipinski definition) is 2. The van der Waals surface area contributed by atoms with Crippen molar-refractivity contribution in [3.05, 3.63) is 36.0 Å². The van der Waals surface area contributed by atoms with Gasteiger partial charge in [0.1, 0.15) is 5.56 Å². The highest BCUT2D eigenvalue weighted by molar-refractivity contribution is 6.06. The second-order valence-electron chi connectivity index (χ2n) is 4.85. The van der Waals surface area contributed by atoms with Crippen LogP contribution in [-0.2, 0) is 11.3 Å². The molecule has 0 unspecified atom stereocenters. The van der Waals surface area contributed by atoms with E-state index < -0.39 is 0 Å². The summed E-state index contributed by atoms with van der Waals surface area (Å²) in [5.74, 6) is -0.172. The summed E-state index contributed by atoms with van der Waals surface area (Å²) in [5, 5.41) is 9.67. The van der Waals surface area contributed by atoms with Crippen LogP contribution in [-0.4, -0.2) is 28.2 Å². The Morgan fingerprint density at radius 2 is 1.91 bits per heavy atom. The molecule has 2 N–H and O–H groups in total. The Morgan fingerprint density at radius 1 is 1.22 bits per heavy atom. The van der Waals surface area contributed by atoms with E-state index >= 15 is 0 Å². The fourth-order valence-electron chi connectivity index (χ4n) is 2.04. The molecule has 2 amide bonds. The first kappa shape index (κ1) is 16.5. The number of benzene rings is 1. The van der Waals surface area contributed by atoms with Crippen LogP contribution in [0.5, 0.6) is 5.88 Å². The van der Waals surface area contributed by atoms with E-state index in [-0.39, 0.29) is 11.8 Å². The van der Waals surface area contributed by atoms with Gasteiger partial charge in [-0.1, -0.05) is 6.07 Å². The van der Waals surface area contributed by atoms with Crippen molar-refractivity contribution < 1.29 is 14.3 Å². The van der Waals surface area contributed by atoms with E-state index in [9.17, 15) is 9.59 Å². The largest absolute Gasteiger partial charge is 0.476 e. The van der Waals surface area contributed by atoms with Crippen LogP contribution in [0.3, 0.4) is 0 Å². The third kappa shape index (κ3) is 4.32. The highest BCUT2D eigenvalue weighted by atomic mass is 16.5. The number of rotatable bonds is 6. The second-order valence-corrected chi connectivity index (χ2v) is 4.85. The van der Waals surface area contributed by atoms with E-state index in [1.165, 1.54) is 6.92 Å². The topological polar surface area (TPSA) is 85.2 Å². The van der Waals surface area contributed by atoms with Crippen LogP contribution in [0, 0.1) is 0 Å². The Kier molecular flexibility index (Phi) is 5.35. The Balaban J connectivity index is 2.18. The van der Waals surface area contributed by atoms with Crippen molar-refractivity contribution in [1.82, 2.24) is 9.78 Å². The minimum atomic E-state index is -0.312. The molecule has 0 radical (unpaired) electrons. The third-order valence-electron chi connectivity index (χ3n) is 3.02. The summed E-state index contributed by atoms with van der Waals surface area (Å²) >= 11 is 0. The zero-order valence-corrected chi connectivity index (χ0v) is 13.4. The fourth-order valence-corrected chi connectivity index (χ4v) is 2.04. The maximum Gasteiger partial charge on any atom is 0.262 e. The van der Waals surface area contributed by atoms with Crippen LogP contribution in [0.1, 0.15) is 31.1 Å². The van der Waals surface area contributed by atoms with E-state index in [2.05, 4.69) is 15.7 Å². The van der Waals surface area contributed by atoms with Crippen LogP contribution >= 0.6 is 0 Å². The van der Waals surface area contributed by atoms with Crippen molar-refractivity contribution in [3.8, 4) is 5.88 Å². The Hall–Kier alpha value is -2.83. The van der Waals surface area contributed by atoms with Crippen molar-refractivity contribution >= 4 is 23.2 Å². The molecule has 0 spiro atoms. The number of nitrogens with one attached hydrogen (secondary N) is 2. The fraction of sp³-hybridized carbons (Fsp3) is 0.312. The van der Waals surface area contributed by atoms with Crippen LogP contribution in [0.15, 0.2) is 30.5 Å². The highest BCUT2D eigenvalue weighted by Crippen LogP contribution is 2.20. The molecule has 7 heteroatoms. The van der Waals surface area contributed by atoms with Crippen molar-refractivity contribution in [2.45, 2.75) is 27.3 Å². The molecule has 23 heavy (non-hydrogen) atoms. The average Bonchev–Trinajstić information content (AvgIpc) is 2.90. The smallest absolute Gasteiger partial charge is 0.262 e. The first-order valence-corrected chi connectivity index (χ1v) is 7.42. The summed E-state index contributed by atoms with van der Waals surface area (Å²) in [6, 6.07) is 6.93. The maximum atomic E-state index is 12.4. The van der Waals surface area contributed by atoms with E-state index in [1.54, 1.807) is 35.1 Å². The lowest BCUT2D eigenvalue weighted by atomic mass is 10.2. The number of carbonyl (C=O) groups is 2. The van der Waals surface area contributed by atoms with Gasteiger partial charge in [-0.15, -0.1) is 5.10 Å². The van der Waals surface area contributed by atoms with Crippen LogP contribution < -0.4 is 15.4 Å². The number of nitrogens with zero attached hydrogens (tertiary/aromatic N) is 2. The van der Waals surface area contributed by atoms with Crippen molar-refractivity contribution in [3.63, 3.8) is 0 Å². The third-order valence-corrected chi connectivity index (χ3v) is 3.02. The summed E-state index contributed by atoms with van der Waals surface area (Å²) in [5.41, 5.74) is 1.57. The molecule has 0 saturated heterocycles. The lowest BCUT2D eigenvalue weighted by Gasteiger charge is -2.08. The summed E-state index contributed by atoms with van der Waals surface area (Å²) in [6.07, 6.45) is 1.65. The molecule has 7 nitrogen and oxygen atoms in total. The van der Waals surface area contributed by atoms with Gasteiger partial charge in [-0.2, -0.15) is 0 Å². The minimum Gasteiger partial charge on any atom is -0.476 e. The predicted molar refractivity (Wildman–Crippen MR) is 87.8 cm³/mol. The zero-order valence-electron chi connectivity index (χ0n) is 13.4. The van der Waals surface area contributed by atoms with Gasteiger partial charge in [0.05, 0.1) is 6.61 Å². The van der Waals surface area contributed by atoms with Gasteiger partial charge in [0, 0.05) is 31.0 Å². The summed E-state index contributed by atoms with van der Waals surface area (Å²) in [6.45, 7) is 6.27. The number of aromatic nitrogens is 2. The Morgan fingerprint density at radius 3 is 2.52 bits per heavy atom. The average molecular weight is 316 g/mol. The van der Waals surface area contributed by atoms with E-state index in [0.29, 0.717) is 36.0 Å². The lowest BCUT2D eigenvalue weighted by molar-refractivity contribution is -0.114. The maximum absolute atomic E-state index is 12.4. The van der Waals surface area contributed by atoms with Crippen LogP contribution in [0.25, 0.3) is 0 Å². The zero-order chi connectivity index (χ0) is 16.8. The van der Waals surface area contributed by atoms with Crippen LogP contribution in [0.4, 0.5) is 11.4 Å². The van der Waals surface area contributed by atoms with E-state index in [1.807, 2.05) is 13.8 Å². The molecule has 1 aromatic carbocycles. The second kappa shape index (κ2) is 7.44. The van der Waals surface area contributed by atoms with Gasteiger partial charge in [-0.3, -0.25) is 14.3 Å². The molecule has 1 aromatic heterocycles. The SMILES string of the molecule is CCOc1nn(CC)cc1C(=O)Nc1cccc(NC(C)=O)c1. The Bertz CT molecular complexity index is 709. The molecule has 0 atom stereocenters. The van der Waals surface area contributed by atoms with E-state index in [0.717, 1.165) is 0 Å². The van der Waals surface area contributed by atoms with Gasteiger partial charge >= 0.3 is 0 Å². The number of hydrogen-bond acceptors (Lipinski definition) is 4. The van der Waals surface area contributed by atoms with Gasteiger partial charge < -0.3 is 15.4 Å². The molecule has 0 aliphatic rings. The van der Waals surface area contributed by atoms with Gasteiger partial charge in [0.2, 0.25) is 11.8 Å². The van der Waals surface area contributed by atoms with Crippen molar-refractivity contribution in [1.29, 1.82) is 0 Å². The van der Waals surface area contributed by atoms with Gasteiger partial charge in [-0.05, 0) is 32.0 Å². The highest BCUT2D eigenvalue weighted by Gasteiger charge is 2.17. The van der Waals surface area contributed by atoms with Gasteiger partial charge in [0.25, 0.3) is 5.91 Å². The molecule has 122 valence electrons. The van der Waals surface area contributed by atoms with Crippen molar-refractivity contribution in [2.75, 3.05) is 17.2 Å². The molecule has 2 rings (SSSR count). The number of amides is 2. The summed E-state index contributed by atoms with van der Waals surface area (Å²) in [4.78, 5) is 23.5. The first-order chi connectivity index (χ1) is 11.0. The molecule has 0 aliphatic carbocycles. The standard InChI is InChI=1S/C16H20N4O3/c1-4-20-10-14(16(19-20)23-5-2)15(22)18-13-8-6-7-12(9-13)17-11(3)21/h6-10H,4-5H2,1-3H3,(H,17,21)(H,18,22). The number of carbonyl (C=O) groups excluding carboxylic acids is 2. The van der Waals surface area contributed by atoms with E-state index in [4.69, 9.17) is 4.74 Å². The number of anilines is 2. The van der Waals surface area contributed by atoms with Crippen molar-refractivity contribution in [2.24, 2.45) is 0 Å². The molecule has 0 bridgehead atoms. The number of ether oxygens (including phenoxy) is 1.